The number of aromatic carboxylic acids is 1. The molecular weight excluding hydrogens is 615 g/mol. The number of halogens is 2. The average Bonchev–Trinajstić information content (AvgIpc) is 3.54. The summed E-state index contributed by atoms with van der Waals surface area (Å²) in [5.41, 5.74) is 1.01. The number of thiocarbonyl (C=S) groups is 1. The monoisotopic (exact) mass is 636 g/mol. The number of carbonyl (C=O) groups is 3. The number of carboxylic acid groups (broad SMARTS) is 1. The normalized spacial score (nSPS) is 17.3. The van der Waals surface area contributed by atoms with Crippen molar-refractivity contribution in [3.8, 4) is 11.1 Å². The van der Waals surface area contributed by atoms with E-state index >= 15 is 0 Å². The Morgan fingerprint density at radius 2 is 1.69 bits per heavy atom. The van der Waals surface area contributed by atoms with Crippen molar-refractivity contribution in [2.24, 2.45) is 0 Å². The van der Waals surface area contributed by atoms with E-state index in [4.69, 9.17) is 17.3 Å². The Morgan fingerprint density at radius 1 is 1.00 bits per heavy atom. The van der Waals surface area contributed by atoms with Crippen molar-refractivity contribution >= 4 is 69.2 Å². The van der Waals surface area contributed by atoms with Crippen LogP contribution in [0.5, 0.6) is 0 Å². The highest BCUT2D eigenvalue weighted by atomic mass is 32.2. The van der Waals surface area contributed by atoms with Crippen LogP contribution >= 0.6 is 35.3 Å². The smallest absolute Gasteiger partial charge is 0.335 e. The van der Waals surface area contributed by atoms with Crippen LogP contribution < -0.4 is 5.32 Å². The molecule has 4 rings (SSSR count). The predicted octanol–water partition coefficient (Wildman–Crippen LogP) is 2.68. The van der Waals surface area contributed by atoms with Gasteiger partial charge in [0.25, 0.3) is 5.91 Å². The zero-order valence-electron chi connectivity index (χ0n) is 21.2. The molecule has 6 N–H and O–H groups in total. The summed E-state index contributed by atoms with van der Waals surface area (Å²) in [7, 11) is 0. The summed E-state index contributed by atoms with van der Waals surface area (Å²) in [6.45, 7) is -0.958. The van der Waals surface area contributed by atoms with Crippen molar-refractivity contribution < 1.29 is 48.7 Å². The Balaban J connectivity index is 1.62. The second-order valence-electron chi connectivity index (χ2n) is 8.97. The highest BCUT2D eigenvalue weighted by Gasteiger charge is 2.47. The summed E-state index contributed by atoms with van der Waals surface area (Å²) in [6, 6.07) is 8.15. The molecule has 2 aromatic carbocycles. The van der Waals surface area contributed by atoms with Crippen LogP contribution in [0.2, 0.25) is 0 Å². The molecule has 1 fully saturated rings. The first-order valence-electron chi connectivity index (χ1n) is 12.0. The average molecular weight is 637 g/mol. The van der Waals surface area contributed by atoms with Gasteiger partial charge >= 0.3 is 5.97 Å². The topological polar surface area (TPSA) is 168 Å². The third-order valence-electron chi connectivity index (χ3n) is 6.17. The lowest BCUT2D eigenvalue weighted by atomic mass is 9.99. The second kappa shape index (κ2) is 13.2. The second-order valence-corrected chi connectivity index (χ2v) is 11.6. The molecule has 1 aromatic heterocycles. The minimum Gasteiger partial charge on any atom is -0.478 e. The number of anilines is 1. The summed E-state index contributed by atoms with van der Waals surface area (Å²) >= 11 is 7.32. The first kappa shape index (κ1) is 31.4. The molecule has 220 valence electrons. The quantitative estimate of drug-likeness (QED) is 0.144. The molecule has 0 radical (unpaired) electrons. The van der Waals surface area contributed by atoms with Gasteiger partial charge in [-0.3, -0.25) is 14.5 Å². The molecule has 3 aromatic rings. The van der Waals surface area contributed by atoms with Gasteiger partial charge in [0, 0.05) is 10.6 Å². The van der Waals surface area contributed by atoms with E-state index in [2.05, 4.69) is 5.32 Å². The van der Waals surface area contributed by atoms with Crippen LogP contribution in [0, 0.1) is 11.6 Å². The van der Waals surface area contributed by atoms with Gasteiger partial charge in [0.15, 0.2) is 11.6 Å². The number of thiophene rings is 1. The molecule has 15 heteroatoms. The number of carbonyl (C=O) groups excluding carboxylic acids is 2. The van der Waals surface area contributed by atoms with Crippen molar-refractivity contribution in [3.63, 3.8) is 0 Å². The summed E-state index contributed by atoms with van der Waals surface area (Å²) in [5, 5.41) is 53.6. The largest absolute Gasteiger partial charge is 0.478 e. The Hall–Kier alpha value is -3.57. The molecule has 0 bridgehead atoms. The van der Waals surface area contributed by atoms with E-state index in [1.165, 1.54) is 47.7 Å². The number of nitrogens with zero attached hydrogens (tertiary/aromatic N) is 1. The van der Waals surface area contributed by atoms with E-state index in [0.717, 1.165) is 28.8 Å². The van der Waals surface area contributed by atoms with Gasteiger partial charge in [-0.2, -0.15) is 0 Å². The summed E-state index contributed by atoms with van der Waals surface area (Å²) < 4.78 is 26.8. The van der Waals surface area contributed by atoms with Gasteiger partial charge in [0.05, 0.1) is 17.1 Å². The molecule has 42 heavy (non-hydrogen) atoms. The number of aliphatic hydroxyl groups excluding tert-OH is 4. The number of thioether (sulfide) groups is 1. The molecule has 2 heterocycles. The summed E-state index contributed by atoms with van der Waals surface area (Å²) in [6.07, 6.45) is -4.59. The Kier molecular flexibility index (Phi) is 9.83. The molecule has 2 amide bonds. The number of hydrogen-bond acceptors (Lipinski definition) is 10. The van der Waals surface area contributed by atoms with E-state index < -0.39 is 60.4 Å². The summed E-state index contributed by atoms with van der Waals surface area (Å²) in [5.74, 6) is -5.04. The third kappa shape index (κ3) is 6.73. The zero-order chi connectivity index (χ0) is 30.7. The Morgan fingerprint density at radius 3 is 2.31 bits per heavy atom. The van der Waals surface area contributed by atoms with Gasteiger partial charge in [-0.15, -0.1) is 11.3 Å². The first-order valence-corrected chi connectivity index (χ1v) is 14.1. The number of benzene rings is 2. The Labute approximate surface area is 250 Å². The molecular formula is C27H22F2N2O8S3. The molecule has 0 saturated carbocycles. The number of aliphatic hydroxyl groups is 4. The minimum absolute atomic E-state index is 0.0479. The molecule has 0 aliphatic carbocycles. The van der Waals surface area contributed by atoms with E-state index in [9.17, 15) is 43.6 Å². The fourth-order valence-electron chi connectivity index (χ4n) is 3.96. The van der Waals surface area contributed by atoms with E-state index in [-0.39, 0.29) is 20.5 Å². The van der Waals surface area contributed by atoms with Crippen molar-refractivity contribution in [2.45, 2.75) is 24.4 Å². The first-order chi connectivity index (χ1) is 19.9. The maximum absolute atomic E-state index is 13.7. The van der Waals surface area contributed by atoms with Crippen LogP contribution in [-0.4, -0.2) is 83.5 Å². The molecule has 1 saturated heterocycles. The number of carboxylic acids is 1. The Bertz CT molecular complexity index is 1560. The van der Waals surface area contributed by atoms with E-state index in [1.54, 1.807) is 11.4 Å². The highest BCUT2D eigenvalue weighted by molar-refractivity contribution is 8.26. The number of nitrogens with one attached hydrogen (secondary N) is 1. The van der Waals surface area contributed by atoms with Crippen LogP contribution in [0.4, 0.5) is 14.5 Å². The standard InChI is InChI=1S/C27H22F2N2O8S3/c28-17-6-3-13(8-18(17)29)14-7-16(41-11-14)9-20-25(37)31(27(40)42-20)21(23(35)22(34)19(33)10-32)24(36)30-15-4-1-12(2-5-15)26(38)39/h1-9,11,19,21-23,32-35H,10H2,(H,30,36)(H,38,39)/b20-9-/t19-,21+,22-,23-/m1/s1. The zero-order valence-corrected chi connectivity index (χ0v) is 23.6. The predicted molar refractivity (Wildman–Crippen MR) is 156 cm³/mol. The molecule has 4 atom stereocenters. The molecule has 0 unspecified atom stereocenters. The number of rotatable bonds is 10. The van der Waals surface area contributed by atoms with Gasteiger partial charge in [-0.1, -0.05) is 30.0 Å². The van der Waals surface area contributed by atoms with Gasteiger partial charge in [-0.25, -0.2) is 13.6 Å². The molecule has 1 aliphatic rings. The maximum Gasteiger partial charge on any atom is 0.335 e. The SMILES string of the molecule is O=C(O)c1ccc(NC(=O)[C@H]([C@@H](O)[C@H](O)[C@H](O)CO)N2C(=O)/C(=C/c3cc(-c4ccc(F)c(F)c4)cs3)SC2=S)cc1. The van der Waals surface area contributed by atoms with Crippen molar-refractivity contribution in [1.82, 2.24) is 4.90 Å². The van der Waals surface area contributed by atoms with Gasteiger partial charge in [0.2, 0.25) is 5.91 Å². The molecule has 10 nitrogen and oxygen atoms in total. The van der Waals surface area contributed by atoms with Crippen LogP contribution in [0.15, 0.2) is 58.8 Å². The number of amides is 2. The lowest BCUT2D eigenvalue weighted by Crippen LogP contribution is -2.58. The lowest BCUT2D eigenvalue weighted by molar-refractivity contribution is -0.142. The van der Waals surface area contributed by atoms with Gasteiger partial charge < -0.3 is 30.8 Å². The number of hydrogen-bond donors (Lipinski definition) is 6. The minimum atomic E-state index is -2.12. The van der Waals surface area contributed by atoms with Crippen LogP contribution in [-0.2, 0) is 9.59 Å². The van der Waals surface area contributed by atoms with Crippen LogP contribution in [0.1, 0.15) is 15.2 Å². The molecule has 0 spiro atoms. The molecule has 1 aliphatic heterocycles. The van der Waals surface area contributed by atoms with Crippen LogP contribution in [0.25, 0.3) is 17.2 Å². The van der Waals surface area contributed by atoms with Crippen molar-refractivity contribution in [2.75, 3.05) is 11.9 Å². The summed E-state index contributed by atoms with van der Waals surface area (Å²) in [4.78, 5) is 39.3. The van der Waals surface area contributed by atoms with Gasteiger partial charge in [0.1, 0.15) is 28.7 Å². The van der Waals surface area contributed by atoms with Crippen molar-refractivity contribution in [3.05, 3.63) is 80.9 Å². The fraction of sp³-hybridized carbons (Fsp3) is 0.185. The van der Waals surface area contributed by atoms with Crippen LogP contribution in [0.3, 0.4) is 0 Å². The fourth-order valence-corrected chi connectivity index (χ4v) is 6.21. The third-order valence-corrected chi connectivity index (χ3v) is 8.38. The lowest BCUT2D eigenvalue weighted by Gasteiger charge is -2.33. The van der Waals surface area contributed by atoms with Gasteiger partial charge in [-0.05, 0) is 65.0 Å². The highest BCUT2D eigenvalue weighted by Crippen LogP contribution is 2.37. The van der Waals surface area contributed by atoms with E-state index in [1.807, 2.05) is 0 Å². The van der Waals surface area contributed by atoms with E-state index in [0.29, 0.717) is 16.0 Å². The van der Waals surface area contributed by atoms with Crippen molar-refractivity contribution in [1.29, 1.82) is 0 Å². The maximum atomic E-state index is 13.7.